The van der Waals surface area contributed by atoms with Crippen molar-refractivity contribution in [1.82, 2.24) is 14.8 Å². The highest BCUT2D eigenvalue weighted by Crippen LogP contribution is 2.31. The van der Waals surface area contributed by atoms with Gasteiger partial charge in [-0.15, -0.1) is 0 Å². The summed E-state index contributed by atoms with van der Waals surface area (Å²) in [6, 6.07) is 16.9. The number of nitrogens with one attached hydrogen (secondary N) is 1. The Labute approximate surface area is 152 Å². The lowest BCUT2D eigenvalue weighted by atomic mass is 10.1. The number of rotatable bonds is 3. The minimum atomic E-state index is -0.296. The maximum atomic E-state index is 12.5. The van der Waals surface area contributed by atoms with Crippen LogP contribution in [-0.2, 0) is 4.79 Å². The van der Waals surface area contributed by atoms with Gasteiger partial charge in [0.2, 0.25) is 5.91 Å². The van der Waals surface area contributed by atoms with Crippen LogP contribution in [0.1, 0.15) is 18.2 Å². The van der Waals surface area contributed by atoms with Gasteiger partial charge >= 0.3 is 5.69 Å². The number of H-pyrrole nitrogens is 1. The molecule has 1 aliphatic rings. The Morgan fingerprint density at radius 1 is 1.00 bits per heavy atom. The third-order valence-corrected chi connectivity index (χ3v) is 4.87. The minimum absolute atomic E-state index is 0.0300. The summed E-state index contributed by atoms with van der Waals surface area (Å²) in [5.74, 6) is 0.474. The Balaban J connectivity index is 1.67. The van der Waals surface area contributed by atoms with Gasteiger partial charge < -0.3 is 4.90 Å². The highest BCUT2D eigenvalue weighted by Gasteiger charge is 2.35. The molecular formula is C18H15BrN4O2. The van der Waals surface area contributed by atoms with Crippen LogP contribution in [0.4, 0.5) is 5.69 Å². The van der Waals surface area contributed by atoms with Crippen molar-refractivity contribution in [2.75, 3.05) is 11.4 Å². The number of amides is 1. The molecule has 4 rings (SSSR count). The first-order chi connectivity index (χ1) is 12.1. The quantitative estimate of drug-likeness (QED) is 0.737. The predicted octanol–water partition coefficient (Wildman–Crippen LogP) is 2.84. The molecule has 0 aliphatic carbocycles. The number of carbonyl (C=O) groups excluding carboxylic acids is 1. The second-order valence-electron chi connectivity index (χ2n) is 5.94. The SMILES string of the molecule is O=C1CC(c2n[nH]c(=O)n2-c2ccccc2)CN1c1ccc(Br)cc1. The monoisotopic (exact) mass is 398 g/mol. The van der Waals surface area contributed by atoms with Crippen LogP contribution in [0, 0.1) is 0 Å². The number of hydrogen-bond donors (Lipinski definition) is 1. The van der Waals surface area contributed by atoms with Crippen molar-refractivity contribution in [3.8, 4) is 5.69 Å². The van der Waals surface area contributed by atoms with E-state index < -0.39 is 0 Å². The third kappa shape index (κ3) is 2.91. The van der Waals surface area contributed by atoms with E-state index in [1.54, 1.807) is 9.47 Å². The number of benzene rings is 2. The summed E-state index contributed by atoms with van der Waals surface area (Å²) in [5.41, 5.74) is 1.29. The van der Waals surface area contributed by atoms with Gasteiger partial charge in [-0.2, -0.15) is 5.10 Å². The van der Waals surface area contributed by atoms with E-state index in [4.69, 9.17) is 0 Å². The van der Waals surface area contributed by atoms with Gasteiger partial charge in [0.25, 0.3) is 0 Å². The molecular weight excluding hydrogens is 384 g/mol. The highest BCUT2D eigenvalue weighted by molar-refractivity contribution is 9.10. The lowest BCUT2D eigenvalue weighted by Crippen LogP contribution is -2.24. The van der Waals surface area contributed by atoms with E-state index in [-0.39, 0.29) is 17.5 Å². The van der Waals surface area contributed by atoms with Gasteiger partial charge in [0.05, 0.1) is 5.69 Å². The van der Waals surface area contributed by atoms with E-state index >= 15 is 0 Å². The summed E-state index contributed by atoms with van der Waals surface area (Å²) in [6.45, 7) is 0.498. The van der Waals surface area contributed by atoms with Gasteiger partial charge in [0.15, 0.2) is 0 Å². The van der Waals surface area contributed by atoms with E-state index in [0.717, 1.165) is 15.8 Å². The lowest BCUT2D eigenvalue weighted by Gasteiger charge is -2.17. The molecule has 1 fully saturated rings. The molecule has 0 saturated carbocycles. The third-order valence-electron chi connectivity index (χ3n) is 4.34. The molecule has 3 aromatic rings. The van der Waals surface area contributed by atoms with Gasteiger partial charge in [-0.1, -0.05) is 34.1 Å². The molecule has 1 unspecified atom stereocenters. The van der Waals surface area contributed by atoms with E-state index in [1.807, 2.05) is 54.6 Å². The van der Waals surface area contributed by atoms with Crippen molar-refractivity contribution >= 4 is 27.5 Å². The van der Waals surface area contributed by atoms with Crippen LogP contribution in [0.5, 0.6) is 0 Å². The van der Waals surface area contributed by atoms with Crippen molar-refractivity contribution in [3.05, 3.63) is 75.4 Å². The molecule has 126 valence electrons. The van der Waals surface area contributed by atoms with Crippen molar-refractivity contribution in [2.24, 2.45) is 0 Å². The smallest absolute Gasteiger partial charge is 0.312 e. The zero-order chi connectivity index (χ0) is 17.4. The molecule has 7 heteroatoms. The summed E-state index contributed by atoms with van der Waals surface area (Å²) in [7, 11) is 0. The zero-order valence-electron chi connectivity index (χ0n) is 13.2. The fourth-order valence-corrected chi connectivity index (χ4v) is 3.43. The summed E-state index contributed by atoms with van der Waals surface area (Å²) in [5, 5.41) is 6.70. The molecule has 25 heavy (non-hydrogen) atoms. The zero-order valence-corrected chi connectivity index (χ0v) is 14.8. The van der Waals surface area contributed by atoms with Crippen LogP contribution in [0.25, 0.3) is 5.69 Å². The molecule has 2 heterocycles. The second kappa shape index (κ2) is 6.33. The van der Waals surface area contributed by atoms with Crippen LogP contribution >= 0.6 is 15.9 Å². The highest BCUT2D eigenvalue weighted by atomic mass is 79.9. The lowest BCUT2D eigenvalue weighted by molar-refractivity contribution is -0.117. The Morgan fingerprint density at radius 3 is 2.44 bits per heavy atom. The van der Waals surface area contributed by atoms with Gasteiger partial charge in [0.1, 0.15) is 5.82 Å². The van der Waals surface area contributed by atoms with Gasteiger partial charge in [-0.3, -0.25) is 4.79 Å². The average molecular weight is 399 g/mol. The topological polar surface area (TPSA) is 71.0 Å². The standard InChI is InChI=1S/C18H15BrN4O2/c19-13-6-8-14(9-7-13)22-11-12(10-16(22)24)17-20-21-18(25)23(17)15-4-2-1-3-5-15/h1-9,12H,10-11H2,(H,21,25). The van der Waals surface area contributed by atoms with E-state index in [0.29, 0.717) is 18.8 Å². The largest absolute Gasteiger partial charge is 0.347 e. The summed E-state index contributed by atoms with van der Waals surface area (Å²) in [6.07, 6.45) is 0.327. The van der Waals surface area contributed by atoms with E-state index in [9.17, 15) is 9.59 Å². The molecule has 0 bridgehead atoms. The Kier molecular flexibility index (Phi) is 4.01. The van der Waals surface area contributed by atoms with E-state index in [1.165, 1.54) is 0 Å². The average Bonchev–Trinajstić information content (AvgIpc) is 3.19. The fourth-order valence-electron chi connectivity index (χ4n) is 3.16. The number of carbonyl (C=O) groups is 1. The number of halogens is 1. The van der Waals surface area contributed by atoms with Crippen molar-refractivity contribution < 1.29 is 4.79 Å². The van der Waals surface area contributed by atoms with Gasteiger partial charge in [-0.25, -0.2) is 14.5 Å². The molecule has 0 spiro atoms. The molecule has 1 saturated heterocycles. The minimum Gasteiger partial charge on any atom is -0.312 e. The number of aromatic amines is 1. The van der Waals surface area contributed by atoms with Crippen molar-refractivity contribution in [2.45, 2.75) is 12.3 Å². The molecule has 1 atom stereocenters. The molecule has 0 radical (unpaired) electrons. The number of para-hydroxylation sites is 1. The summed E-state index contributed by atoms with van der Waals surface area (Å²) in [4.78, 5) is 26.4. The van der Waals surface area contributed by atoms with Gasteiger partial charge in [0, 0.05) is 29.0 Å². The molecule has 1 N–H and O–H groups in total. The molecule has 6 nitrogen and oxygen atoms in total. The second-order valence-corrected chi connectivity index (χ2v) is 6.86. The van der Waals surface area contributed by atoms with Crippen molar-refractivity contribution in [1.29, 1.82) is 0 Å². The first-order valence-corrected chi connectivity index (χ1v) is 8.71. The van der Waals surface area contributed by atoms with E-state index in [2.05, 4.69) is 26.1 Å². The Bertz CT molecular complexity index is 963. The maximum Gasteiger partial charge on any atom is 0.347 e. The summed E-state index contributed by atoms with van der Waals surface area (Å²) >= 11 is 3.40. The molecule has 2 aromatic carbocycles. The van der Waals surface area contributed by atoms with Crippen LogP contribution in [-0.4, -0.2) is 27.2 Å². The predicted molar refractivity (Wildman–Crippen MR) is 98.0 cm³/mol. The Hall–Kier alpha value is -2.67. The number of aromatic nitrogens is 3. The van der Waals surface area contributed by atoms with Crippen LogP contribution < -0.4 is 10.6 Å². The summed E-state index contributed by atoms with van der Waals surface area (Å²) < 4.78 is 2.51. The Morgan fingerprint density at radius 2 is 1.72 bits per heavy atom. The first kappa shape index (κ1) is 15.8. The molecule has 1 aliphatic heterocycles. The maximum absolute atomic E-state index is 12.5. The van der Waals surface area contributed by atoms with Crippen molar-refractivity contribution in [3.63, 3.8) is 0 Å². The van der Waals surface area contributed by atoms with Crippen LogP contribution in [0.2, 0.25) is 0 Å². The first-order valence-electron chi connectivity index (χ1n) is 7.92. The fraction of sp³-hybridized carbons (Fsp3) is 0.167. The normalized spacial score (nSPS) is 17.2. The number of anilines is 1. The molecule has 1 aromatic heterocycles. The van der Waals surface area contributed by atoms with Crippen LogP contribution in [0.3, 0.4) is 0 Å². The molecule has 1 amide bonds. The number of nitrogens with zero attached hydrogens (tertiary/aromatic N) is 3. The van der Waals surface area contributed by atoms with Gasteiger partial charge in [-0.05, 0) is 36.4 Å². The number of hydrogen-bond acceptors (Lipinski definition) is 3. The van der Waals surface area contributed by atoms with Crippen LogP contribution in [0.15, 0.2) is 63.9 Å².